The Balaban J connectivity index is 1.99. The number of rotatable bonds is 5. The Labute approximate surface area is 127 Å². The second-order valence-electron chi connectivity index (χ2n) is 5.65. The largest absolute Gasteiger partial charge is 0.391 e. The average Bonchev–Trinajstić information content (AvgIpc) is 2.51. The van der Waals surface area contributed by atoms with Gasteiger partial charge in [-0.3, -0.25) is 4.79 Å². The van der Waals surface area contributed by atoms with Gasteiger partial charge >= 0.3 is 0 Å². The molecule has 4 nitrogen and oxygen atoms in total. The van der Waals surface area contributed by atoms with Gasteiger partial charge in [-0.1, -0.05) is 12.8 Å². The fourth-order valence-corrected chi connectivity index (χ4v) is 2.94. The summed E-state index contributed by atoms with van der Waals surface area (Å²) in [6.45, 7) is 6.15. The first-order valence-corrected chi connectivity index (χ1v) is 7.99. The number of nitrogens with one attached hydrogen (secondary N) is 1. The number of amides is 1. The molecule has 4 heteroatoms. The standard InChI is InChI=1S/C17H26N2O2/c1-3-19(4-2)14-11-9-13(10-12-14)17(21)18-15-7-5-6-8-16(15)20/h9-12,15-16,20H,3-8H2,1-2H3,(H,18,21). The van der Waals surface area contributed by atoms with Crippen LogP contribution >= 0.6 is 0 Å². The Morgan fingerprint density at radius 1 is 1.19 bits per heavy atom. The number of benzene rings is 1. The normalized spacial score (nSPS) is 21.9. The molecule has 0 heterocycles. The molecule has 0 bridgehead atoms. The molecule has 116 valence electrons. The summed E-state index contributed by atoms with van der Waals surface area (Å²) in [5.74, 6) is -0.0907. The highest BCUT2D eigenvalue weighted by molar-refractivity contribution is 5.94. The van der Waals surface area contributed by atoms with E-state index in [1.54, 1.807) is 0 Å². The lowest BCUT2D eigenvalue weighted by Crippen LogP contribution is -2.45. The van der Waals surface area contributed by atoms with Crippen LogP contribution in [0.4, 0.5) is 5.69 Å². The molecular formula is C17H26N2O2. The predicted molar refractivity (Wildman–Crippen MR) is 85.7 cm³/mol. The fourth-order valence-electron chi connectivity index (χ4n) is 2.94. The Bertz CT molecular complexity index is 454. The highest BCUT2D eigenvalue weighted by Crippen LogP contribution is 2.19. The third kappa shape index (κ3) is 3.97. The van der Waals surface area contributed by atoms with Crippen LogP contribution in [0.3, 0.4) is 0 Å². The van der Waals surface area contributed by atoms with Crippen LogP contribution < -0.4 is 10.2 Å². The Kier molecular flexibility index (Phi) is 5.62. The third-order valence-corrected chi connectivity index (χ3v) is 4.30. The zero-order chi connectivity index (χ0) is 15.2. The summed E-state index contributed by atoms with van der Waals surface area (Å²) in [7, 11) is 0. The number of aliphatic hydroxyl groups is 1. The lowest BCUT2D eigenvalue weighted by atomic mass is 9.92. The minimum Gasteiger partial charge on any atom is -0.391 e. The molecule has 1 fully saturated rings. The molecule has 2 N–H and O–H groups in total. The van der Waals surface area contributed by atoms with E-state index in [1.165, 1.54) is 0 Å². The van der Waals surface area contributed by atoms with Gasteiger partial charge in [-0.2, -0.15) is 0 Å². The second kappa shape index (κ2) is 7.46. The van der Waals surface area contributed by atoms with Gasteiger partial charge in [0.25, 0.3) is 5.91 Å². The molecule has 2 unspecified atom stereocenters. The summed E-state index contributed by atoms with van der Waals surface area (Å²) >= 11 is 0. The van der Waals surface area contributed by atoms with Crippen molar-refractivity contribution in [3.8, 4) is 0 Å². The Morgan fingerprint density at radius 3 is 2.38 bits per heavy atom. The van der Waals surface area contributed by atoms with Gasteiger partial charge in [0.2, 0.25) is 0 Å². The molecule has 0 spiro atoms. The van der Waals surface area contributed by atoms with Gasteiger partial charge in [0.15, 0.2) is 0 Å². The van der Waals surface area contributed by atoms with E-state index in [9.17, 15) is 9.90 Å². The quantitative estimate of drug-likeness (QED) is 0.876. The third-order valence-electron chi connectivity index (χ3n) is 4.30. The molecule has 21 heavy (non-hydrogen) atoms. The molecule has 1 amide bonds. The molecule has 1 aliphatic carbocycles. The molecule has 2 atom stereocenters. The van der Waals surface area contributed by atoms with Crippen LogP contribution in [0.1, 0.15) is 49.9 Å². The van der Waals surface area contributed by atoms with Crippen molar-refractivity contribution >= 4 is 11.6 Å². The Morgan fingerprint density at radius 2 is 1.81 bits per heavy atom. The summed E-state index contributed by atoms with van der Waals surface area (Å²) in [6, 6.07) is 7.59. The number of aliphatic hydroxyl groups excluding tert-OH is 1. The number of carbonyl (C=O) groups is 1. The second-order valence-corrected chi connectivity index (χ2v) is 5.65. The summed E-state index contributed by atoms with van der Waals surface area (Å²) in [5.41, 5.74) is 1.79. The van der Waals surface area contributed by atoms with Crippen molar-refractivity contribution in [3.63, 3.8) is 0 Å². The maximum absolute atomic E-state index is 12.2. The van der Waals surface area contributed by atoms with Gasteiger partial charge in [0.1, 0.15) is 0 Å². The molecule has 1 aromatic rings. The van der Waals surface area contributed by atoms with E-state index in [0.717, 1.165) is 44.5 Å². The van der Waals surface area contributed by atoms with E-state index in [4.69, 9.17) is 0 Å². The smallest absolute Gasteiger partial charge is 0.251 e. The fraction of sp³-hybridized carbons (Fsp3) is 0.588. The van der Waals surface area contributed by atoms with Gasteiger partial charge in [0.05, 0.1) is 12.1 Å². The van der Waals surface area contributed by atoms with Crippen LogP contribution in [0.5, 0.6) is 0 Å². The van der Waals surface area contributed by atoms with Gasteiger partial charge in [-0.15, -0.1) is 0 Å². The molecule has 0 radical (unpaired) electrons. The number of nitrogens with zero attached hydrogens (tertiary/aromatic N) is 1. The zero-order valence-electron chi connectivity index (χ0n) is 13.0. The van der Waals surface area contributed by atoms with Gasteiger partial charge in [0, 0.05) is 24.3 Å². The molecule has 0 aliphatic heterocycles. The van der Waals surface area contributed by atoms with E-state index in [0.29, 0.717) is 5.56 Å². The molecule has 0 aromatic heterocycles. The SMILES string of the molecule is CCN(CC)c1ccc(C(=O)NC2CCCCC2O)cc1. The first-order chi connectivity index (χ1) is 10.2. The molecule has 1 aliphatic rings. The van der Waals surface area contributed by atoms with Crippen molar-refractivity contribution in [1.29, 1.82) is 0 Å². The van der Waals surface area contributed by atoms with Gasteiger partial charge < -0.3 is 15.3 Å². The minimum absolute atomic E-state index is 0.0907. The van der Waals surface area contributed by atoms with Crippen molar-refractivity contribution in [2.45, 2.75) is 51.7 Å². The van der Waals surface area contributed by atoms with Crippen molar-refractivity contribution < 1.29 is 9.90 Å². The summed E-state index contributed by atoms with van der Waals surface area (Å²) in [6.07, 6.45) is 3.36. The summed E-state index contributed by atoms with van der Waals surface area (Å²) in [5, 5.41) is 12.9. The molecule has 2 rings (SSSR count). The van der Waals surface area contributed by atoms with E-state index in [1.807, 2.05) is 24.3 Å². The number of hydrogen-bond acceptors (Lipinski definition) is 3. The molecule has 1 aromatic carbocycles. The average molecular weight is 290 g/mol. The molecule has 1 saturated carbocycles. The summed E-state index contributed by atoms with van der Waals surface area (Å²) < 4.78 is 0. The van der Waals surface area contributed by atoms with Crippen molar-refractivity contribution in [2.75, 3.05) is 18.0 Å². The van der Waals surface area contributed by atoms with E-state index < -0.39 is 6.10 Å². The summed E-state index contributed by atoms with van der Waals surface area (Å²) in [4.78, 5) is 14.5. The predicted octanol–water partition coefficient (Wildman–Crippen LogP) is 2.57. The highest BCUT2D eigenvalue weighted by Gasteiger charge is 2.24. The van der Waals surface area contributed by atoms with E-state index >= 15 is 0 Å². The van der Waals surface area contributed by atoms with Crippen molar-refractivity contribution in [2.24, 2.45) is 0 Å². The maximum atomic E-state index is 12.2. The molecule has 0 saturated heterocycles. The number of hydrogen-bond donors (Lipinski definition) is 2. The van der Waals surface area contributed by atoms with E-state index in [-0.39, 0.29) is 11.9 Å². The first kappa shape index (κ1) is 15.8. The highest BCUT2D eigenvalue weighted by atomic mass is 16.3. The van der Waals surface area contributed by atoms with Crippen LogP contribution in [0.15, 0.2) is 24.3 Å². The number of carbonyl (C=O) groups excluding carboxylic acids is 1. The van der Waals surface area contributed by atoms with Gasteiger partial charge in [-0.05, 0) is 51.0 Å². The van der Waals surface area contributed by atoms with Crippen molar-refractivity contribution in [1.82, 2.24) is 5.32 Å². The minimum atomic E-state index is -0.405. The van der Waals surface area contributed by atoms with Gasteiger partial charge in [-0.25, -0.2) is 0 Å². The monoisotopic (exact) mass is 290 g/mol. The topological polar surface area (TPSA) is 52.6 Å². The Hall–Kier alpha value is -1.55. The van der Waals surface area contributed by atoms with Crippen LogP contribution in [0, 0.1) is 0 Å². The zero-order valence-corrected chi connectivity index (χ0v) is 13.0. The lowest BCUT2D eigenvalue weighted by Gasteiger charge is -2.28. The van der Waals surface area contributed by atoms with Crippen LogP contribution in [0.25, 0.3) is 0 Å². The first-order valence-electron chi connectivity index (χ1n) is 7.99. The van der Waals surface area contributed by atoms with Crippen LogP contribution in [-0.2, 0) is 0 Å². The molecular weight excluding hydrogens is 264 g/mol. The van der Waals surface area contributed by atoms with Crippen LogP contribution in [0.2, 0.25) is 0 Å². The lowest BCUT2D eigenvalue weighted by molar-refractivity contribution is 0.0717. The van der Waals surface area contributed by atoms with Crippen LogP contribution in [-0.4, -0.2) is 36.2 Å². The van der Waals surface area contributed by atoms with E-state index in [2.05, 4.69) is 24.1 Å². The number of anilines is 1. The van der Waals surface area contributed by atoms with Crippen molar-refractivity contribution in [3.05, 3.63) is 29.8 Å². The maximum Gasteiger partial charge on any atom is 0.251 e.